The van der Waals surface area contributed by atoms with E-state index in [0.717, 1.165) is 33.5 Å². The van der Waals surface area contributed by atoms with Gasteiger partial charge in [-0.3, -0.25) is 9.47 Å². The van der Waals surface area contributed by atoms with E-state index < -0.39 is 0 Å². The van der Waals surface area contributed by atoms with Gasteiger partial charge in [-0.15, -0.1) is 0 Å². The lowest BCUT2D eigenvalue weighted by Gasteiger charge is -2.23. The molecule has 1 unspecified atom stereocenters. The van der Waals surface area contributed by atoms with Crippen molar-refractivity contribution in [1.82, 2.24) is 19.4 Å². The summed E-state index contributed by atoms with van der Waals surface area (Å²) in [5, 5.41) is 0. The first-order valence-electron chi connectivity index (χ1n) is 6.67. The summed E-state index contributed by atoms with van der Waals surface area (Å²) in [7, 11) is 0. The summed E-state index contributed by atoms with van der Waals surface area (Å²) in [5.41, 5.74) is 1.96. The number of imidazole rings is 1. The Morgan fingerprint density at radius 3 is 3.21 bits per heavy atom. The van der Waals surface area contributed by atoms with Crippen molar-refractivity contribution in [2.45, 2.75) is 32.4 Å². The molecule has 1 saturated heterocycles. The Kier molecular flexibility index (Phi) is 3.73. The second-order valence-electron chi connectivity index (χ2n) is 4.99. The van der Waals surface area contributed by atoms with Crippen LogP contribution < -0.4 is 0 Å². The molecule has 19 heavy (non-hydrogen) atoms. The lowest BCUT2D eigenvalue weighted by molar-refractivity contribution is 0.245. The highest BCUT2D eigenvalue weighted by molar-refractivity contribution is 9.10. The van der Waals surface area contributed by atoms with E-state index in [0.29, 0.717) is 6.04 Å². The lowest BCUT2D eigenvalue weighted by atomic mass is 10.2. The second kappa shape index (κ2) is 5.34. The number of likely N-dealkylation sites (tertiary alicyclic amines) is 1. The van der Waals surface area contributed by atoms with Gasteiger partial charge < -0.3 is 4.98 Å². The number of nitrogens with zero attached hydrogens (tertiary/aromatic N) is 3. The molecule has 0 amide bonds. The van der Waals surface area contributed by atoms with Crippen LogP contribution in [0.1, 0.15) is 19.8 Å². The summed E-state index contributed by atoms with van der Waals surface area (Å²) < 4.78 is 3.87. The Morgan fingerprint density at radius 2 is 2.42 bits per heavy atom. The van der Waals surface area contributed by atoms with Crippen LogP contribution in [0, 0.1) is 4.77 Å². The van der Waals surface area contributed by atoms with Crippen LogP contribution in [0.25, 0.3) is 11.2 Å². The fourth-order valence-corrected chi connectivity index (χ4v) is 3.52. The van der Waals surface area contributed by atoms with Gasteiger partial charge in [-0.2, -0.15) is 0 Å². The Hall–Kier alpha value is -0.720. The predicted octanol–water partition coefficient (Wildman–Crippen LogP) is 3.34. The second-order valence-corrected chi connectivity index (χ2v) is 6.29. The number of nitrogens with one attached hydrogen (secondary N) is 1. The topological polar surface area (TPSA) is 36.9 Å². The molecule has 1 aliphatic rings. The van der Waals surface area contributed by atoms with Crippen molar-refractivity contribution in [2.75, 3.05) is 13.1 Å². The van der Waals surface area contributed by atoms with Crippen molar-refractivity contribution in [2.24, 2.45) is 0 Å². The van der Waals surface area contributed by atoms with E-state index in [1.165, 1.54) is 19.4 Å². The summed E-state index contributed by atoms with van der Waals surface area (Å²) in [6, 6.07) is 2.61. The van der Waals surface area contributed by atoms with Crippen molar-refractivity contribution in [1.29, 1.82) is 0 Å². The maximum atomic E-state index is 5.44. The highest BCUT2D eigenvalue weighted by Gasteiger charge is 2.24. The van der Waals surface area contributed by atoms with Crippen molar-refractivity contribution < 1.29 is 0 Å². The Labute approximate surface area is 126 Å². The minimum absolute atomic E-state index is 0.584. The molecule has 0 aromatic carbocycles. The number of rotatable bonds is 3. The molecule has 0 radical (unpaired) electrons. The van der Waals surface area contributed by atoms with Crippen LogP contribution in [-0.4, -0.2) is 38.6 Å². The fraction of sp³-hybridized carbons (Fsp3) is 0.538. The normalized spacial score (nSPS) is 20.4. The Balaban J connectivity index is 1.96. The molecular weight excluding hydrogens is 324 g/mol. The van der Waals surface area contributed by atoms with Gasteiger partial charge in [-0.05, 0) is 60.1 Å². The molecule has 2 aromatic heterocycles. The van der Waals surface area contributed by atoms with E-state index >= 15 is 0 Å². The molecule has 0 spiro atoms. The van der Waals surface area contributed by atoms with Crippen LogP contribution in [-0.2, 0) is 6.54 Å². The predicted molar refractivity (Wildman–Crippen MR) is 82.9 cm³/mol. The molecule has 1 fully saturated rings. The SMILES string of the molecule is CCN1CCCC1Cn1c(=S)[nH]c2cc(Br)cnc21. The number of fused-ring (bicyclic) bond motifs is 1. The van der Waals surface area contributed by atoms with E-state index in [4.69, 9.17) is 12.2 Å². The first kappa shape index (κ1) is 13.3. The van der Waals surface area contributed by atoms with E-state index in [1.807, 2.05) is 12.3 Å². The first-order chi connectivity index (χ1) is 9.19. The summed E-state index contributed by atoms with van der Waals surface area (Å²) in [6.07, 6.45) is 4.36. The molecule has 102 valence electrons. The first-order valence-corrected chi connectivity index (χ1v) is 7.87. The standard InChI is InChI=1S/C13H17BrN4S/c1-2-17-5-3-4-10(17)8-18-12-11(16-13(18)19)6-9(14)7-15-12/h6-7,10H,2-5,8H2,1H3,(H,16,19). The zero-order valence-corrected chi connectivity index (χ0v) is 13.3. The number of aromatic nitrogens is 3. The van der Waals surface area contributed by atoms with Gasteiger partial charge in [-0.1, -0.05) is 6.92 Å². The van der Waals surface area contributed by atoms with Crippen LogP contribution in [0.15, 0.2) is 16.7 Å². The summed E-state index contributed by atoms with van der Waals surface area (Å²) >= 11 is 8.88. The summed E-state index contributed by atoms with van der Waals surface area (Å²) in [4.78, 5) is 10.3. The zero-order valence-electron chi connectivity index (χ0n) is 10.9. The molecule has 2 aromatic rings. The van der Waals surface area contributed by atoms with E-state index in [9.17, 15) is 0 Å². The third kappa shape index (κ3) is 2.49. The van der Waals surface area contributed by atoms with Gasteiger partial charge in [0.25, 0.3) is 0 Å². The van der Waals surface area contributed by atoms with Crippen LogP contribution in [0.3, 0.4) is 0 Å². The number of aromatic amines is 1. The van der Waals surface area contributed by atoms with Crippen LogP contribution in [0.4, 0.5) is 0 Å². The largest absolute Gasteiger partial charge is 0.329 e. The quantitative estimate of drug-likeness (QED) is 0.870. The number of halogens is 1. The van der Waals surface area contributed by atoms with E-state index in [1.54, 1.807) is 0 Å². The smallest absolute Gasteiger partial charge is 0.179 e. The number of hydrogen-bond acceptors (Lipinski definition) is 3. The molecular formula is C13H17BrN4S. The van der Waals surface area contributed by atoms with Crippen molar-refractivity contribution in [3.63, 3.8) is 0 Å². The van der Waals surface area contributed by atoms with E-state index in [-0.39, 0.29) is 0 Å². The Bertz CT molecular complexity index is 648. The maximum absolute atomic E-state index is 5.44. The molecule has 0 bridgehead atoms. The van der Waals surface area contributed by atoms with Gasteiger partial charge in [0.2, 0.25) is 0 Å². The molecule has 6 heteroatoms. The van der Waals surface area contributed by atoms with Gasteiger partial charge in [0, 0.05) is 23.3 Å². The number of pyridine rings is 1. The van der Waals surface area contributed by atoms with Gasteiger partial charge in [0.05, 0.1) is 5.52 Å². The molecule has 1 atom stereocenters. The molecule has 3 rings (SSSR count). The highest BCUT2D eigenvalue weighted by Crippen LogP contribution is 2.22. The monoisotopic (exact) mass is 340 g/mol. The van der Waals surface area contributed by atoms with Gasteiger partial charge >= 0.3 is 0 Å². The minimum Gasteiger partial charge on any atom is -0.329 e. The molecule has 1 N–H and O–H groups in total. The van der Waals surface area contributed by atoms with Gasteiger partial charge in [0.1, 0.15) is 0 Å². The van der Waals surface area contributed by atoms with Crippen molar-refractivity contribution in [3.8, 4) is 0 Å². The summed E-state index contributed by atoms with van der Waals surface area (Å²) in [5.74, 6) is 0. The molecule has 1 aliphatic heterocycles. The highest BCUT2D eigenvalue weighted by atomic mass is 79.9. The number of hydrogen-bond donors (Lipinski definition) is 1. The fourth-order valence-electron chi connectivity index (χ4n) is 2.92. The van der Waals surface area contributed by atoms with Crippen molar-refractivity contribution >= 4 is 39.3 Å². The average Bonchev–Trinajstić information content (AvgIpc) is 2.95. The molecule has 4 nitrogen and oxygen atoms in total. The minimum atomic E-state index is 0.584. The number of H-pyrrole nitrogens is 1. The third-order valence-electron chi connectivity index (χ3n) is 3.87. The average molecular weight is 341 g/mol. The van der Waals surface area contributed by atoms with Gasteiger partial charge in [-0.25, -0.2) is 4.98 Å². The Morgan fingerprint density at radius 1 is 1.58 bits per heavy atom. The molecule has 0 aliphatic carbocycles. The summed E-state index contributed by atoms with van der Waals surface area (Å²) in [6.45, 7) is 5.47. The number of likely N-dealkylation sites (N-methyl/N-ethyl adjacent to an activating group) is 1. The van der Waals surface area contributed by atoms with E-state index in [2.05, 4.69) is 42.3 Å². The maximum Gasteiger partial charge on any atom is 0.179 e. The van der Waals surface area contributed by atoms with Crippen molar-refractivity contribution in [3.05, 3.63) is 21.5 Å². The van der Waals surface area contributed by atoms with Crippen LogP contribution >= 0.6 is 28.1 Å². The lowest BCUT2D eigenvalue weighted by Crippen LogP contribution is -2.32. The van der Waals surface area contributed by atoms with Gasteiger partial charge in [0.15, 0.2) is 10.4 Å². The van der Waals surface area contributed by atoms with Crippen LogP contribution in [0.5, 0.6) is 0 Å². The zero-order chi connectivity index (χ0) is 13.4. The molecule has 0 saturated carbocycles. The third-order valence-corrected chi connectivity index (χ3v) is 4.63. The molecule has 3 heterocycles. The van der Waals surface area contributed by atoms with Crippen LogP contribution in [0.2, 0.25) is 0 Å².